The molecule has 0 radical (unpaired) electrons. The summed E-state index contributed by atoms with van der Waals surface area (Å²) in [5, 5.41) is 43.8. The third-order valence-electron chi connectivity index (χ3n) is 8.46. The Bertz CT molecular complexity index is 1860. The van der Waals surface area contributed by atoms with Crippen LogP contribution in [-0.4, -0.2) is 81.6 Å². The zero-order valence-corrected chi connectivity index (χ0v) is 32.1. The molecule has 3 atom stereocenters. The number of hydrogen-bond donors (Lipinski definition) is 3. The van der Waals surface area contributed by atoms with E-state index in [-0.39, 0.29) is 57.5 Å². The number of ether oxygens (including phenoxy) is 2. The van der Waals surface area contributed by atoms with E-state index in [9.17, 15) is 44.4 Å². The number of nitrogens with one attached hydrogen (secondary N) is 1. The number of para-hydroxylation sites is 1. The summed E-state index contributed by atoms with van der Waals surface area (Å²) in [5.74, 6) is -1.86. The fourth-order valence-electron chi connectivity index (χ4n) is 6.15. The lowest BCUT2D eigenvalue weighted by Crippen LogP contribution is -2.27. The fraction of sp³-hybridized carbons (Fsp3) is 0.400. The van der Waals surface area contributed by atoms with E-state index in [1.54, 1.807) is 48.6 Å². The first-order chi connectivity index (χ1) is 27.2. The number of hydrogen-bond acceptors (Lipinski definition) is 12. The van der Waals surface area contributed by atoms with Gasteiger partial charge in [0.1, 0.15) is 18.5 Å². The molecule has 16 nitrogen and oxygen atoms in total. The summed E-state index contributed by atoms with van der Waals surface area (Å²) in [5.41, 5.74) is 4.10. The summed E-state index contributed by atoms with van der Waals surface area (Å²) in [6.07, 6.45) is 2.74. The van der Waals surface area contributed by atoms with Crippen molar-refractivity contribution in [2.24, 2.45) is 0 Å². The van der Waals surface area contributed by atoms with Gasteiger partial charge in [-0.1, -0.05) is 62.9 Å². The maximum absolute atomic E-state index is 14.3. The zero-order chi connectivity index (χ0) is 41.9. The molecule has 17 heteroatoms. The van der Waals surface area contributed by atoms with Crippen molar-refractivity contribution in [1.29, 1.82) is 0 Å². The van der Waals surface area contributed by atoms with Crippen molar-refractivity contribution in [3.05, 3.63) is 128 Å². The third kappa shape index (κ3) is 14.6. The molecule has 1 aromatic heterocycles. The van der Waals surface area contributed by atoms with Crippen molar-refractivity contribution in [3.8, 4) is 11.3 Å². The number of allylic oxidation sites excluding steroid dienone is 5. The summed E-state index contributed by atoms with van der Waals surface area (Å²) in [6, 6.07) is 14.9. The molecular weight excluding hydrogens is 747 g/mol. The monoisotopic (exact) mass is 796 g/mol. The van der Waals surface area contributed by atoms with Crippen LogP contribution in [0.2, 0.25) is 0 Å². The predicted octanol–water partition coefficient (Wildman–Crippen LogP) is 6.44. The maximum atomic E-state index is 14.3. The smallest absolute Gasteiger partial charge is 0.308 e. The molecule has 3 aromatic rings. The molecule has 0 spiro atoms. The van der Waals surface area contributed by atoms with Gasteiger partial charge in [0.05, 0.1) is 49.7 Å². The molecular formula is C40H49FN4O12. The Balaban J connectivity index is 1.83. The zero-order valence-electron chi connectivity index (χ0n) is 32.1. The number of nitrogens with zero attached hydrogens (tertiary/aromatic N) is 3. The van der Waals surface area contributed by atoms with Crippen molar-refractivity contribution in [1.82, 2.24) is 4.57 Å². The van der Waals surface area contributed by atoms with Gasteiger partial charge in [-0.15, -0.1) is 20.2 Å². The molecule has 0 aliphatic heterocycles. The first kappa shape index (κ1) is 45.5. The average Bonchev–Trinajstić information content (AvgIpc) is 3.49. The van der Waals surface area contributed by atoms with Gasteiger partial charge in [0.15, 0.2) is 0 Å². The van der Waals surface area contributed by atoms with Crippen LogP contribution in [0.1, 0.15) is 74.0 Å². The van der Waals surface area contributed by atoms with Gasteiger partial charge in [-0.2, -0.15) is 0 Å². The molecule has 0 fully saturated rings. The minimum absolute atomic E-state index is 0.0879. The topological polar surface area (TPSA) is 215 Å². The van der Waals surface area contributed by atoms with Gasteiger partial charge in [-0.05, 0) is 73.2 Å². The van der Waals surface area contributed by atoms with Gasteiger partial charge in [0.2, 0.25) is 0 Å². The van der Waals surface area contributed by atoms with Gasteiger partial charge in [-0.25, -0.2) is 4.39 Å². The first-order valence-electron chi connectivity index (χ1n) is 18.3. The van der Waals surface area contributed by atoms with Crippen LogP contribution in [0.25, 0.3) is 16.8 Å². The van der Waals surface area contributed by atoms with Crippen molar-refractivity contribution in [2.45, 2.75) is 77.2 Å². The highest BCUT2D eigenvalue weighted by atomic mass is 19.1. The average molecular weight is 797 g/mol. The third-order valence-corrected chi connectivity index (χ3v) is 8.46. The Kier molecular flexibility index (Phi) is 18.5. The van der Waals surface area contributed by atoms with E-state index >= 15 is 0 Å². The van der Waals surface area contributed by atoms with Crippen molar-refractivity contribution in [2.75, 3.05) is 31.7 Å². The summed E-state index contributed by atoms with van der Waals surface area (Å²) in [4.78, 5) is 56.5. The van der Waals surface area contributed by atoms with Crippen molar-refractivity contribution < 1.29 is 53.5 Å². The standard InChI is InChI=1S/C40H49FN4O12/c1-5-10-28(11-6-2)36-37(40(49)42-31-12-8-7-9-13-31)38(27(3)4)43(39(36)29-14-16-30(41)17-15-29)20-18-32(46)24-33(47)25-35(48)55-21-19-34(57-45(52)53)26-54-22-23-56-44(50)51/h5-17,27,32-34,46-47H,1,18-26H2,2-4H3,(H,42,49)/b11-6-,28-10+/t32-,33-,34?/m1/s1. The predicted molar refractivity (Wildman–Crippen MR) is 208 cm³/mol. The maximum Gasteiger partial charge on any atom is 0.308 e. The largest absolute Gasteiger partial charge is 0.466 e. The number of carbonyl (C=O) groups excluding carboxylic acids is 2. The van der Waals surface area contributed by atoms with Crippen LogP contribution in [0.5, 0.6) is 0 Å². The van der Waals surface area contributed by atoms with E-state index in [1.165, 1.54) is 12.1 Å². The van der Waals surface area contributed by atoms with Crippen LogP contribution in [-0.2, 0) is 30.5 Å². The Labute approximate surface area is 329 Å². The molecule has 57 heavy (non-hydrogen) atoms. The van der Waals surface area contributed by atoms with E-state index < -0.39 is 53.3 Å². The first-order valence-corrected chi connectivity index (χ1v) is 18.3. The van der Waals surface area contributed by atoms with Crippen LogP contribution in [0, 0.1) is 26.0 Å². The van der Waals surface area contributed by atoms with Crippen LogP contribution in [0.15, 0.2) is 85.5 Å². The molecule has 1 amide bonds. The van der Waals surface area contributed by atoms with E-state index in [4.69, 9.17) is 9.47 Å². The number of anilines is 1. The molecule has 1 unspecified atom stereocenters. The normalized spacial score (nSPS) is 13.2. The lowest BCUT2D eigenvalue weighted by molar-refractivity contribution is -0.769. The second kappa shape index (κ2) is 23.2. The number of benzene rings is 2. The number of esters is 1. The second-order valence-corrected chi connectivity index (χ2v) is 13.1. The second-order valence-electron chi connectivity index (χ2n) is 13.1. The molecule has 3 N–H and O–H groups in total. The highest BCUT2D eigenvalue weighted by Gasteiger charge is 2.31. The molecule has 2 aromatic carbocycles. The molecule has 3 rings (SSSR count). The number of rotatable bonds is 25. The highest BCUT2D eigenvalue weighted by Crippen LogP contribution is 2.41. The minimum atomic E-state index is -1.31. The van der Waals surface area contributed by atoms with Gasteiger partial charge in [0.25, 0.3) is 16.1 Å². The van der Waals surface area contributed by atoms with Crippen molar-refractivity contribution in [3.63, 3.8) is 0 Å². The van der Waals surface area contributed by atoms with E-state index in [1.807, 2.05) is 43.6 Å². The number of carbonyl (C=O) groups is 2. The molecule has 0 aliphatic rings. The number of aliphatic hydroxyl groups is 2. The molecule has 0 bridgehead atoms. The SMILES string of the molecule is C=C/C=C(\C=C/C)c1c(C(=O)Nc2ccccc2)c(C(C)C)n(CC[C@@H](O)C[C@@H](O)CC(=O)OCCC(COCCO[N+](=O)[O-])O[N+](=O)[O-])c1-c1ccc(F)cc1. The van der Waals surface area contributed by atoms with Crippen LogP contribution < -0.4 is 5.32 Å². The van der Waals surface area contributed by atoms with Gasteiger partial charge in [-0.3, -0.25) is 9.59 Å². The number of halogens is 1. The number of aliphatic hydroxyl groups excluding tert-OH is 2. The number of aromatic nitrogens is 1. The Morgan fingerprint density at radius 1 is 0.965 bits per heavy atom. The minimum Gasteiger partial charge on any atom is -0.466 e. The van der Waals surface area contributed by atoms with Crippen LogP contribution in [0.4, 0.5) is 10.1 Å². The molecule has 1 heterocycles. The van der Waals surface area contributed by atoms with Gasteiger partial charge >= 0.3 is 5.97 Å². The lowest BCUT2D eigenvalue weighted by Gasteiger charge is -2.20. The number of amides is 1. The Hall–Kier alpha value is -5.91. The van der Waals surface area contributed by atoms with Gasteiger partial charge in [0, 0.05) is 29.9 Å². The molecule has 0 saturated heterocycles. The Morgan fingerprint density at radius 2 is 1.67 bits per heavy atom. The quantitative estimate of drug-likeness (QED) is 0.0278. The van der Waals surface area contributed by atoms with Crippen LogP contribution in [0.3, 0.4) is 0 Å². The summed E-state index contributed by atoms with van der Waals surface area (Å²) in [7, 11) is 0. The summed E-state index contributed by atoms with van der Waals surface area (Å²) < 4.78 is 26.4. The Morgan fingerprint density at radius 3 is 2.28 bits per heavy atom. The van der Waals surface area contributed by atoms with Crippen LogP contribution >= 0.6 is 0 Å². The van der Waals surface area contributed by atoms with E-state index in [2.05, 4.69) is 21.6 Å². The van der Waals surface area contributed by atoms with E-state index in [0.717, 1.165) is 0 Å². The molecule has 308 valence electrons. The lowest BCUT2D eigenvalue weighted by atomic mass is 9.93. The fourth-order valence-corrected chi connectivity index (χ4v) is 6.15. The molecule has 0 aliphatic carbocycles. The van der Waals surface area contributed by atoms with Gasteiger partial charge < -0.3 is 39.2 Å². The summed E-state index contributed by atoms with van der Waals surface area (Å²) in [6.45, 7) is 8.48. The molecule has 0 saturated carbocycles. The van der Waals surface area contributed by atoms with E-state index in [0.29, 0.717) is 39.3 Å². The van der Waals surface area contributed by atoms with Crippen molar-refractivity contribution >= 4 is 23.1 Å². The highest BCUT2D eigenvalue weighted by molar-refractivity contribution is 6.11. The summed E-state index contributed by atoms with van der Waals surface area (Å²) >= 11 is 0.